The van der Waals surface area contributed by atoms with Crippen LogP contribution in [0.25, 0.3) is 0 Å². The maximum Gasteiger partial charge on any atom is 0.352 e. The van der Waals surface area contributed by atoms with Gasteiger partial charge in [-0.1, -0.05) is 40.0 Å². The van der Waals surface area contributed by atoms with Crippen LogP contribution in [-0.4, -0.2) is 93.8 Å². The fourth-order valence-electron chi connectivity index (χ4n) is 3.96. The minimum Gasteiger partial charge on any atom is -0.503 e. The number of carboxylic acid groups (broad SMARTS) is 1. The van der Waals surface area contributed by atoms with Gasteiger partial charge in [-0.2, -0.15) is 4.73 Å². The first-order valence-electron chi connectivity index (χ1n) is 11.8. The molecule has 0 bridgehead atoms. The highest BCUT2D eigenvalue weighted by Gasteiger charge is 2.54. The third-order valence-electron chi connectivity index (χ3n) is 5.89. The number of carbonyl (C=O) groups excluding carboxylic acids is 2. The van der Waals surface area contributed by atoms with Crippen molar-refractivity contribution in [3.63, 3.8) is 0 Å². The fourth-order valence-corrected chi connectivity index (χ4v) is 8.97. The van der Waals surface area contributed by atoms with Crippen molar-refractivity contribution in [2.45, 2.75) is 25.8 Å². The van der Waals surface area contributed by atoms with E-state index in [0.29, 0.717) is 24.7 Å². The number of anilines is 1. The van der Waals surface area contributed by atoms with Crippen LogP contribution in [0.4, 0.5) is 5.13 Å². The quantitative estimate of drug-likeness (QED) is 0.0619. The molecule has 0 unspecified atom stereocenters. The number of carbonyl (C=O) groups is 3. The van der Waals surface area contributed by atoms with Gasteiger partial charge in [-0.15, -0.1) is 33.3 Å². The molecule has 43 heavy (non-hydrogen) atoms. The number of nitrogens with two attached hydrogens (primary N) is 1. The molecule has 16 nitrogen and oxygen atoms in total. The molecule has 2 aliphatic rings. The zero-order valence-electron chi connectivity index (χ0n) is 21.7. The van der Waals surface area contributed by atoms with Crippen molar-refractivity contribution in [1.29, 1.82) is 0 Å². The minimum atomic E-state index is -1.27. The molecule has 226 valence electrons. The van der Waals surface area contributed by atoms with Gasteiger partial charge in [-0.3, -0.25) is 19.3 Å². The van der Waals surface area contributed by atoms with E-state index in [1.165, 1.54) is 64.0 Å². The third-order valence-corrected chi connectivity index (χ3v) is 11.2. The van der Waals surface area contributed by atoms with Crippen molar-refractivity contribution in [1.82, 2.24) is 30.1 Å². The summed E-state index contributed by atoms with van der Waals surface area (Å²) in [4.78, 5) is 59.8. The smallest absolute Gasteiger partial charge is 0.352 e. The number of aliphatic carboxylic acids is 1. The van der Waals surface area contributed by atoms with Gasteiger partial charge in [-0.05, 0) is 5.57 Å². The maximum absolute atomic E-state index is 13.1. The van der Waals surface area contributed by atoms with Crippen LogP contribution >= 0.6 is 58.0 Å². The Labute approximate surface area is 262 Å². The number of oxime groups is 1. The molecule has 2 atom stereocenters. The summed E-state index contributed by atoms with van der Waals surface area (Å²) in [7, 11) is 1.26. The van der Waals surface area contributed by atoms with Crippen molar-refractivity contribution >= 4 is 86.6 Å². The molecule has 0 spiro atoms. The van der Waals surface area contributed by atoms with Gasteiger partial charge in [0.25, 0.3) is 11.8 Å². The van der Waals surface area contributed by atoms with E-state index in [4.69, 9.17) is 10.6 Å². The number of amides is 2. The minimum absolute atomic E-state index is 0.142. The third kappa shape index (κ3) is 6.44. The summed E-state index contributed by atoms with van der Waals surface area (Å²) in [5.74, 6) is -2.43. The van der Waals surface area contributed by atoms with Crippen molar-refractivity contribution in [3.05, 3.63) is 50.5 Å². The first-order valence-corrected chi connectivity index (χ1v) is 16.5. The molecule has 1 saturated heterocycles. The Morgan fingerprint density at radius 1 is 1.26 bits per heavy atom. The average molecular weight is 685 g/mol. The van der Waals surface area contributed by atoms with Gasteiger partial charge < -0.3 is 31.3 Å². The summed E-state index contributed by atoms with van der Waals surface area (Å²) in [6.45, 7) is 0. The number of aromatic nitrogens is 4. The van der Waals surface area contributed by atoms with Crippen molar-refractivity contribution in [3.8, 4) is 5.75 Å². The number of thioether (sulfide) groups is 3. The summed E-state index contributed by atoms with van der Waals surface area (Å²) in [5.41, 5.74) is 5.66. The van der Waals surface area contributed by atoms with Crippen LogP contribution in [0, 0.1) is 0 Å². The van der Waals surface area contributed by atoms with Gasteiger partial charge in [0.2, 0.25) is 5.43 Å². The lowest BCUT2D eigenvalue weighted by Gasteiger charge is -2.49. The standard InChI is InChI=1S/C22H20N8O8S5/c1-38-28-13(10-7-40-20(23)24-10)16(33)25-14-17(34)30-15(19(35)36)8(4-39-18(14)30)5-41-21-26-27-22(43-21)42-6-9-2-11(31)12(32)3-29(9)37/h2-3,7,14,18,32,37H,4-6H2,1H3,(H2,23,24)(H,25,33)(H,35,36)/b28-13-/t14-,18+/m1/s1. The number of nitrogens with zero attached hydrogens (tertiary/aromatic N) is 6. The molecule has 3 aromatic rings. The molecule has 2 aliphatic heterocycles. The second kappa shape index (κ2) is 12.8. The van der Waals surface area contributed by atoms with Crippen LogP contribution in [0.2, 0.25) is 0 Å². The SMILES string of the molecule is CO/N=C(\C(=O)N[C@@H]1C(=O)N2C(C(=O)O)=C(CSc3nnc(SCc4cc(=O)c(O)cn4O)s3)CS[C@@H]12)c1csc(N)n1. The second-order valence-electron chi connectivity index (χ2n) is 8.58. The van der Waals surface area contributed by atoms with Gasteiger partial charge in [0, 0.05) is 28.7 Å². The molecule has 21 heteroatoms. The van der Waals surface area contributed by atoms with E-state index in [9.17, 15) is 34.6 Å². The number of rotatable bonds is 11. The highest BCUT2D eigenvalue weighted by atomic mass is 32.2. The molecule has 0 aliphatic carbocycles. The van der Waals surface area contributed by atoms with E-state index >= 15 is 0 Å². The fraction of sp³-hybridized carbons (Fsp3) is 0.273. The lowest BCUT2D eigenvalue weighted by molar-refractivity contribution is -0.150. The van der Waals surface area contributed by atoms with Crippen LogP contribution in [0.15, 0.2) is 47.5 Å². The van der Waals surface area contributed by atoms with Gasteiger partial charge in [0.05, 0.1) is 11.9 Å². The maximum atomic E-state index is 13.1. The lowest BCUT2D eigenvalue weighted by atomic mass is 10.0. The van der Waals surface area contributed by atoms with Crippen LogP contribution in [-0.2, 0) is 25.0 Å². The number of carboxylic acids is 1. The van der Waals surface area contributed by atoms with E-state index in [0.717, 1.165) is 23.6 Å². The molecule has 5 heterocycles. The topological polar surface area (TPSA) is 235 Å². The number of nitrogens with one attached hydrogen (secondary N) is 1. The van der Waals surface area contributed by atoms with Crippen molar-refractivity contribution in [2.24, 2.45) is 5.16 Å². The van der Waals surface area contributed by atoms with Gasteiger partial charge in [0.15, 0.2) is 25.3 Å². The highest BCUT2D eigenvalue weighted by Crippen LogP contribution is 2.42. The predicted molar refractivity (Wildman–Crippen MR) is 160 cm³/mol. The number of nitrogen functional groups attached to an aromatic ring is 1. The molecule has 0 saturated carbocycles. The monoisotopic (exact) mass is 684 g/mol. The Morgan fingerprint density at radius 3 is 2.63 bits per heavy atom. The second-order valence-corrected chi connectivity index (χ2v) is 14.0. The molecule has 2 amide bonds. The summed E-state index contributed by atoms with van der Waals surface area (Å²) in [6.07, 6.45) is 0.908. The molecule has 1 fully saturated rings. The lowest BCUT2D eigenvalue weighted by Crippen LogP contribution is -2.71. The van der Waals surface area contributed by atoms with Crippen molar-refractivity contribution < 1.29 is 34.6 Å². The van der Waals surface area contributed by atoms with Crippen LogP contribution in [0.1, 0.15) is 11.4 Å². The number of thiazole rings is 1. The van der Waals surface area contributed by atoms with Gasteiger partial charge >= 0.3 is 5.97 Å². The number of fused-ring (bicyclic) bond motifs is 1. The highest BCUT2D eigenvalue weighted by molar-refractivity contribution is 8.03. The number of aromatic hydroxyl groups is 1. The average Bonchev–Trinajstić information content (AvgIpc) is 3.62. The molecule has 5 rings (SSSR count). The van der Waals surface area contributed by atoms with Crippen molar-refractivity contribution in [2.75, 3.05) is 24.3 Å². The molecule has 6 N–H and O–H groups in total. The van der Waals surface area contributed by atoms with E-state index < -0.39 is 40.4 Å². The molecular formula is C22H20N8O8S5. The Hall–Kier alpha value is -3.79. The first kappa shape index (κ1) is 30.7. The summed E-state index contributed by atoms with van der Waals surface area (Å²) < 4.78 is 1.75. The molecular weight excluding hydrogens is 665 g/mol. The predicted octanol–water partition coefficient (Wildman–Crippen LogP) is 0.855. The summed E-state index contributed by atoms with van der Waals surface area (Å²) in [5, 5.41) is 44.8. The summed E-state index contributed by atoms with van der Waals surface area (Å²) >= 11 is 6.13. The number of hydrogen-bond donors (Lipinski definition) is 5. The van der Waals surface area contributed by atoms with Crippen LogP contribution < -0.4 is 16.5 Å². The van der Waals surface area contributed by atoms with E-state index in [2.05, 4.69) is 25.7 Å². The normalized spacial score (nSPS) is 18.3. The largest absolute Gasteiger partial charge is 0.503 e. The zero-order valence-corrected chi connectivity index (χ0v) is 25.8. The van der Waals surface area contributed by atoms with Crippen LogP contribution in [0.3, 0.4) is 0 Å². The number of hydrogen-bond acceptors (Lipinski definition) is 17. The van der Waals surface area contributed by atoms with E-state index in [1.807, 2.05) is 0 Å². The number of pyridine rings is 1. The molecule has 3 aromatic heterocycles. The Morgan fingerprint density at radius 2 is 1.98 bits per heavy atom. The van der Waals surface area contributed by atoms with E-state index in [1.54, 1.807) is 0 Å². The zero-order chi connectivity index (χ0) is 30.8. The van der Waals surface area contributed by atoms with Gasteiger partial charge in [-0.25, -0.2) is 9.78 Å². The Kier molecular flexibility index (Phi) is 9.15. The van der Waals surface area contributed by atoms with E-state index in [-0.39, 0.29) is 39.4 Å². The van der Waals surface area contributed by atoms with Crippen LogP contribution in [0.5, 0.6) is 5.75 Å². The Bertz CT molecular complexity index is 1720. The Balaban J connectivity index is 1.22. The molecule has 0 radical (unpaired) electrons. The first-order chi connectivity index (χ1) is 20.6. The molecule has 0 aromatic carbocycles. The number of β-lactam (4-membered cyclic amide) rings is 1. The summed E-state index contributed by atoms with van der Waals surface area (Å²) in [6, 6.07) is 0.134. The van der Waals surface area contributed by atoms with Gasteiger partial charge in [0.1, 0.15) is 29.9 Å².